The molecule has 1 fully saturated rings. The van der Waals surface area contributed by atoms with Crippen LogP contribution in [0.25, 0.3) is 6.08 Å². The largest absolute Gasteiger partial charge is 0.309 e. The Morgan fingerprint density at radius 1 is 1.28 bits per heavy atom. The van der Waals surface area contributed by atoms with Gasteiger partial charge in [0.1, 0.15) is 5.82 Å². The Hall–Kier alpha value is -1.85. The van der Waals surface area contributed by atoms with E-state index in [0.29, 0.717) is 5.92 Å². The maximum absolute atomic E-state index is 4.47. The van der Waals surface area contributed by atoms with Crippen LogP contribution >= 0.6 is 11.8 Å². The van der Waals surface area contributed by atoms with Crippen LogP contribution in [0, 0.1) is 0 Å². The molecule has 5 heteroatoms. The Balaban J connectivity index is 1.58. The molecule has 1 aliphatic heterocycles. The second kappa shape index (κ2) is 9.02. The second-order valence-corrected chi connectivity index (χ2v) is 7.40. The summed E-state index contributed by atoms with van der Waals surface area (Å²) in [6.45, 7) is 6.97. The molecule has 0 unspecified atom stereocenters. The lowest BCUT2D eigenvalue weighted by molar-refractivity contribution is 0.222. The first-order chi connectivity index (χ1) is 12.3. The van der Waals surface area contributed by atoms with E-state index in [1.54, 1.807) is 11.8 Å². The van der Waals surface area contributed by atoms with Gasteiger partial charge in [-0.2, -0.15) is 0 Å². The molecule has 4 nitrogen and oxygen atoms in total. The number of thioether (sulfide) groups is 1. The molecule has 25 heavy (non-hydrogen) atoms. The van der Waals surface area contributed by atoms with Gasteiger partial charge in [-0.3, -0.25) is 4.90 Å². The minimum Gasteiger partial charge on any atom is -0.309 e. The van der Waals surface area contributed by atoms with Crippen LogP contribution in [0.3, 0.4) is 0 Å². The van der Waals surface area contributed by atoms with Gasteiger partial charge in [0, 0.05) is 31.8 Å². The highest BCUT2D eigenvalue weighted by atomic mass is 32.2. The number of benzene rings is 1. The van der Waals surface area contributed by atoms with Gasteiger partial charge in [0.05, 0.1) is 0 Å². The molecule has 1 saturated heterocycles. The summed E-state index contributed by atoms with van der Waals surface area (Å²) in [6, 6.07) is 10.5. The van der Waals surface area contributed by atoms with Gasteiger partial charge in [0.2, 0.25) is 0 Å². The van der Waals surface area contributed by atoms with E-state index < -0.39 is 0 Å². The Labute approximate surface area is 154 Å². The molecule has 3 rings (SSSR count). The molecule has 1 aliphatic rings. The molecule has 0 aliphatic carbocycles. The first-order valence-corrected chi connectivity index (χ1v) is 9.83. The van der Waals surface area contributed by atoms with Gasteiger partial charge in [-0.15, -0.1) is 16.8 Å². The highest BCUT2D eigenvalue weighted by molar-refractivity contribution is 7.99. The van der Waals surface area contributed by atoms with Crippen molar-refractivity contribution in [1.82, 2.24) is 19.7 Å². The lowest BCUT2D eigenvalue weighted by Gasteiger charge is -2.31. The number of hydrogen-bond donors (Lipinski definition) is 0. The van der Waals surface area contributed by atoms with Crippen molar-refractivity contribution < 1.29 is 0 Å². The first kappa shape index (κ1) is 18.0. The lowest BCUT2D eigenvalue weighted by atomic mass is 9.97. The van der Waals surface area contributed by atoms with E-state index in [0.717, 1.165) is 36.4 Å². The van der Waals surface area contributed by atoms with Crippen molar-refractivity contribution in [3.8, 4) is 0 Å². The molecule has 132 valence electrons. The van der Waals surface area contributed by atoms with Crippen molar-refractivity contribution >= 4 is 17.8 Å². The summed E-state index contributed by atoms with van der Waals surface area (Å²) in [5.74, 6) is 2.45. The van der Waals surface area contributed by atoms with Gasteiger partial charge >= 0.3 is 0 Å². The first-order valence-electron chi connectivity index (χ1n) is 8.85. The molecule has 1 aromatic heterocycles. The maximum Gasteiger partial charge on any atom is 0.191 e. The van der Waals surface area contributed by atoms with E-state index >= 15 is 0 Å². The Morgan fingerprint density at radius 2 is 2.12 bits per heavy atom. The number of likely N-dealkylation sites (tertiary alicyclic amines) is 1. The lowest BCUT2D eigenvalue weighted by Crippen LogP contribution is -2.35. The molecule has 2 aromatic rings. The Morgan fingerprint density at radius 3 is 2.92 bits per heavy atom. The number of rotatable bonds is 7. The fourth-order valence-electron chi connectivity index (χ4n) is 3.27. The van der Waals surface area contributed by atoms with Crippen LogP contribution in [0.5, 0.6) is 0 Å². The minimum atomic E-state index is 0.467. The number of aromatic nitrogens is 3. The summed E-state index contributed by atoms with van der Waals surface area (Å²) in [7, 11) is 2.08. The molecule has 2 heterocycles. The molecule has 0 saturated carbocycles. The maximum atomic E-state index is 4.47. The van der Waals surface area contributed by atoms with Crippen molar-refractivity contribution in [3.63, 3.8) is 0 Å². The van der Waals surface area contributed by atoms with E-state index in [-0.39, 0.29) is 0 Å². The molecule has 0 radical (unpaired) electrons. The van der Waals surface area contributed by atoms with Crippen molar-refractivity contribution in [3.05, 3.63) is 60.5 Å². The zero-order chi connectivity index (χ0) is 17.5. The fourth-order valence-corrected chi connectivity index (χ4v) is 3.93. The summed E-state index contributed by atoms with van der Waals surface area (Å²) in [4.78, 5) is 2.51. The van der Waals surface area contributed by atoms with E-state index in [9.17, 15) is 0 Å². The highest BCUT2D eigenvalue weighted by Gasteiger charge is 2.25. The SMILES string of the molecule is C=CCSc1nnc([C@H]2CCCN(C/C=C/c3ccccc3)C2)n1C. The summed E-state index contributed by atoms with van der Waals surface area (Å²) in [5, 5.41) is 9.80. The van der Waals surface area contributed by atoms with Gasteiger partial charge in [-0.05, 0) is 24.9 Å². The van der Waals surface area contributed by atoms with Gasteiger partial charge in [-0.1, -0.05) is 60.3 Å². The van der Waals surface area contributed by atoms with Crippen molar-refractivity contribution in [1.29, 1.82) is 0 Å². The van der Waals surface area contributed by atoms with E-state index in [1.807, 2.05) is 6.08 Å². The topological polar surface area (TPSA) is 34.0 Å². The van der Waals surface area contributed by atoms with Crippen LogP contribution in [0.4, 0.5) is 0 Å². The standard InChI is InChI=1S/C20H26N4S/c1-3-15-25-20-22-21-19(23(20)2)18-12-8-14-24(16-18)13-7-11-17-9-5-4-6-10-17/h3-7,9-11,18H,1,8,12-16H2,2H3/b11-7+/t18-/m0/s1. The van der Waals surface area contributed by atoms with E-state index in [2.05, 4.69) is 75.8 Å². The second-order valence-electron chi connectivity index (χ2n) is 6.41. The highest BCUT2D eigenvalue weighted by Crippen LogP contribution is 2.27. The van der Waals surface area contributed by atoms with E-state index in [1.165, 1.54) is 18.4 Å². The van der Waals surface area contributed by atoms with Crippen LogP contribution in [-0.2, 0) is 7.05 Å². The fraction of sp³-hybridized carbons (Fsp3) is 0.400. The minimum absolute atomic E-state index is 0.467. The summed E-state index contributed by atoms with van der Waals surface area (Å²) >= 11 is 1.69. The Bertz CT molecular complexity index is 708. The van der Waals surface area contributed by atoms with Gasteiger partial charge < -0.3 is 4.57 Å². The normalized spacial score (nSPS) is 18.7. The average Bonchev–Trinajstić information content (AvgIpc) is 3.02. The monoisotopic (exact) mass is 354 g/mol. The quantitative estimate of drug-likeness (QED) is 0.556. The summed E-state index contributed by atoms with van der Waals surface area (Å²) in [5.41, 5.74) is 1.26. The number of piperidine rings is 1. The van der Waals surface area contributed by atoms with Gasteiger partial charge in [0.25, 0.3) is 0 Å². The third kappa shape index (κ3) is 4.83. The molecule has 1 atom stereocenters. The number of hydrogen-bond acceptors (Lipinski definition) is 4. The zero-order valence-corrected chi connectivity index (χ0v) is 15.7. The van der Waals surface area contributed by atoms with Crippen LogP contribution in [0.1, 0.15) is 30.1 Å². The van der Waals surface area contributed by atoms with E-state index in [4.69, 9.17) is 0 Å². The molecule has 0 amide bonds. The number of nitrogens with zero attached hydrogens (tertiary/aromatic N) is 4. The van der Waals surface area contributed by atoms with Gasteiger partial charge in [-0.25, -0.2) is 0 Å². The Kier molecular flexibility index (Phi) is 6.48. The van der Waals surface area contributed by atoms with Crippen LogP contribution in [0.15, 0.2) is 54.2 Å². The predicted molar refractivity (Wildman–Crippen MR) is 106 cm³/mol. The van der Waals surface area contributed by atoms with Crippen molar-refractivity contribution in [2.24, 2.45) is 7.05 Å². The van der Waals surface area contributed by atoms with Crippen LogP contribution in [0.2, 0.25) is 0 Å². The molecular formula is C20H26N4S. The molecular weight excluding hydrogens is 328 g/mol. The van der Waals surface area contributed by atoms with Gasteiger partial charge in [0.15, 0.2) is 5.16 Å². The third-order valence-electron chi connectivity index (χ3n) is 4.54. The molecule has 0 spiro atoms. The van der Waals surface area contributed by atoms with Crippen molar-refractivity contribution in [2.45, 2.75) is 23.9 Å². The summed E-state index contributed by atoms with van der Waals surface area (Å²) in [6.07, 6.45) is 8.78. The smallest absolute Gasteiger partial charge is 0.191 e. The average molecular weight is 355 g/mol. The predicted octanol–water partition coefficient (Wildman–Crippen LogP) is 3.99. The van der Waals surface area contributed by atoms with Crippen molar-refractivity contribution in [2.75, 3.05) is 25.4 Å². The molecule has 0 bridgehead atoms. The molecule has 1 aromatic carbocycles. The molecule has 0 N–H and O–H groups in total. The zero-order valence-electron chi connectivity index (χ0n) is 14.8. The van der Waals surface area contributed by atoms with Crippen LogP contribution < -0.4 is 0 Å². The summed E-state index contributed by atoms with van der Waals surface area (Å²) < 4.78 is 2.15. The van der Waals surface area contributed by atoms with Crippen LogP contribution in [-0.4, -0.2) is 45.1 Å². The third-order valence-corrected chi connectivity index (χ3v) is 5.56.